The van der Waals surface area contributed by atoms with Gasteiger partial charge in [-0.3, -0.25) is 0 Å². The van der Waals surface area contributed by atoms with Gasteiger partial charge in [0, 0.05) is 6.04 Å². The molecule has 21 heavy (non-hydrogen) atoms. The molecule has 1 rings (SSSR count). The van der Waals surface area contributed by atoms with Crippen LogP contribution >= 0.6 is 0 Å². The summed E-state index contributed by atoms with van der Waals surface area (Å²) in [7, 11) is 0. The van der Waals surface area contributed by atoms with Gasteiger partial charge in [0.05, 0.1) is 0 Å². The SMILES string of the molecule is CCCCC(CC)CC1CC(CC)CCC1CNC(C)C. The molecule has 1 aliphatic rings. The van der Waals surface area contributed by atoms with Crippen LogP contribution in [0.15, 0.2) is 0 Å². The highest BCUT2D eigenvalue weighted by molar-refractivity contribution is 4.83. The van der Waals surface area contributed by atoms with Crippen LogP contribution in [0.2, 0.25) is 0 Å². The summed E-state index contributed by atoms with van der Waals surface area (Å²) in [5.41, 5.74) is 0. The predicted molar refractivity (Wildman–Crippen MR) is 95.7 cm³/mol. The van der Waals surface area contributed by atoms with Gasteiger partial charge in [-0.25, -0.2) is 0 Å². The summed E-state index contributed by atoms with van der Waals surface area (Å²) in [5, 5.41) is 3.71. The van der Waals surface area contributed by atoms with Gasteiger partial charge in [0.15, 0.2) is 0 Å². The molecule has 4 atom stereocenters. The number of unbranched alkanes of at least 4 members (excludes halogenated alkanes) is 1. The predicted octanol–water partition coefficient (Wildman–Crippen LogP) is 6.03. The number of nitrogens with one attached hydrogen (secondary N) is 1. The zero-order chi connectivity index (χ0) is 15.7. The second-order valence-electron chi connectivity index (χ2n) is 7.82. The van der Waals surface area contributed by atoms with E-state index in [2.05, 4.69) is 39.9 Å². The van der Waals surface area contributed by atoms with E-state index in [-0.39, 0.29) is 0 Å². The largest absolute Gasteiger partial charge is 0.314 e. The van der Waals surface area contributed by atoms with Crippen LogP contribution in [-0.4, -0.2) is 12.6 Å². The second kappa shape index (κ2) is 10.6. The van der Waals surface area contributed by atoms with Gasteiger partial charge in [-0.2, -0.15) is 0 Å². The maximum absolute atomic E-state index is 3.71. The first-order chi connectivity index (χ1) is 10.1. The van der Waals surface area contributed by atoms with Crippen LogP contribution in [0.3, 0.4) is 0 Å². The summed E-state index contributed by atoms with van der Waals surface area (Å²) in [6, 6.07) is 0.636. The molecular formula is C20H41N. The van der Waals surface area contributed by atoms with Crippen LogP contribution in [0, 0.1) is 23.7 Å². The third-order valence-electron chi connectivity index (χ3n) is 5.79. The molecule has 1 saturated carbocycles. The molecule has 0 heterocycles. The summed E-state index contributed by atoms with van der Waals surface area (Å²) in [6.07, 6.45) is 13.0. The minimum Gasteiger partial charge on any atom is -0.314 e. The second-order valence-corrected chi connectivity index (χ2v) is 7.82. The van der Waals surface area contributed by atoms with Crippen molar-refractivity contribution in [3.63, 3.8) is 0 Å². The third kappa shape index (κ3) is 7.17. The Labute approximate surface area is 134 Å². The van der Waals surface area contributed by atoms with Gasteiger partial charge < -0.3 is 5.32 Å². The fourth-order valence-electron chi connectivity index (χ4n) is 4.15. The van der Waals surface area contributed by atoms with Crippen LogP contribution in [0.5, 0.6) is 0 Å². The molecule has 0 aromatic heterocycles. The van der Waals surface area contributed by atoms with E-state index in [4.69, 9.17) is 0 Å². The zero-order valence-corrected chi connectivity index (χ0v) is 15.5. The van der Waals surface area contributed by atoms with Crippen LogP contribution in [0.4, 0.5) is 0 Å². The molecule has 4 unspecified atom stereocenters. The number of rotatable bonds is 10. The molecule has 0 spiro atoms. The van der Waals surface area contributed by atoms with E-state index in [1.165, 1.54) is 64.3 Å². The Morgan fingerprint density at radius 1 is 1.05 bits per heavy atom. The lowest BCUT2D eigenvalue weighted by molar-refractivity contribution is 0.139. The Hall–Kier alpha value is -0.0400. The van der Waals surface area contributed by atoms with Crippen molar-refractivity contribution in [2.24, 2.45) is 23.7 Å². The maximum atomic E-state index is 3.71. The molecule has 0 bridgehead atoms. The number of hydrogen-bond donors (Lipinski definition) is 1. The summed E-state index contributed by atoms with van der Waals surface area (Å²) in [4.78, 5) is 0. The molecular weight excluding hydrogens is 254 g/mol. The lowest BCUT2D eigenvalue weighted by atomic mass is 9.69. The summed E-state index contributed by atoms with van der Waals surface area (Å²) >= 11 is 0. The van der Waals surface area contributed by atoms with Gasteiger partial charge in [-0.05, 0) is 49.5 Å². The van der Waals surface area contributed by atoms with Crippen molar-refractivity contribution < 1.29 is 0 Å². The Morgan fingerprint density at radius 2 is 1.81 bits per heavy atom. The normalized spacial score (nSPS) is 28.0. The van der Waals surface area contributed by atoms with Crippen molar-refractivity contribution in [1.82, 2.24) is 5.32 Å². The van der Waals surface area contributed by atoms with E-state index in [1.807, 2.05) is 0 Å². The zero-order valence-electron chi connectivity index (χ0n) is 15.5. The maximum Gasteiger partial charge on any atom is 0.00104 e. The van der Waals surface area contributed by atoms with Crippen molar-refractivity contribution in [2.75, 3.05) is 6.54 Å². The standard InChI is InChI=1S/C20H41N/c1-6-9-10-17(7-2)13-20-14-18(8-3)11-12-19(20)15-21-16(4)5/h16-21H,6-15H2,1-5H3. The highest BCUT2D eigenvalue weighted by Crippen LogP contribution is 2.40. The fraction of sp³-hybridized carbons (Fsp3) is 1.00. The quantitative estimate of drug-likeness (QED) is 0.518. The third-order valence-corrected chi connectivity index (χ3v) is 5.79. The molecule has 126 valence electrons. The highest BCUT2D eigenvalue weighted by Gasteiger charge is 2.30. The number of hydrogen-bond acceptors (Lipinski definition) is 1. The Kier molecular flexibility index (Phi) is 9.64. The van der Waals surface area contributed by atoms with E-state index in [9.17, 15) is 0 Å². The molecule has 0 amide bonds. The van der Waals surface area contributed by atoms with Gasteiger partial charge in [0.2, 0.25) is 0 Å². The molecule has 1 heteroatoms. The van der Waals surface area contributed by atoms with Gasteiger partial charge in [0.25, 0.3) is 0 Å². The van der Waals surface area contributed by atoms with Crippen molar-refractivity contribution in [3.05, 3.63) is 0 Å². The van der Waals surface area contributed by atoms with Gasteiger partial charge >= 0.3 is 0 Å². The van der Waals surface area contributed by atoms with Crippen molar-refractivity contribution >= 4 is 0 Å². The molecule has 1 aliphatic carbocycles. The first-order valence-electron chi connectivity index (χ1n) is 9.83. The molecule has 0 radical (unpaired) electrons. The van der Waals surface area contributed by atoms with E-state index < -0.39 is 0 Å². The highest BCUT2D eigenvalue weighted by atomic mass is 14.9. The van der Waals surface area contributed by atoms with Gasteiger partial charge in [-0.1, -0.05) is 73.1 Å². The minimum atomic E-state index is 0.636. The van der Waals surface area contributed by atoms with E-state index in [1.54, 1.807) is 0 Å². The lowest BCUT2D eigenvalue weighted by Crippen LogP contribution is -2.36. The molecule has 1 fully saturated rings. The van der Waals surface area contributed by atoms with Crippen molar-refractivity contribution in [3.8, 4) is 0 Å². The smallest absolute Gasteiger partial charge is 0.00104 e. The monoisotopic (exact) mass is 295 g/mol. The van der Waals surface area contributed by atoms with Gasteiger partial charge in [-0.15, -0.1) is 0 Å². The van der Waals surface area contributed by atoms with E-state index in [0.717, 1.165) is 23.7 Å². The Morgan fingerprint density at radius 3 is 2.38 bits per heavy atom. The Balaban J connectivity index is 2.55. The molecule has 0 aromatic carbocycles. The molecule has 0 aliphatic heterocycles. The van der Waals surface area contributed by atoms with E-state index in [0.29, 0.717) is 6.04 Å². The lowest BCUT2D eigenvalue weighted by Gasteiger charge is -2.38. The van der Waals surface area contributed by atoms with E-state index >= 15 is 0 Å². The van der Waals surface area contributed by atoms with Crippen LogP contribution in [0.25, 0.3) is 0 Å². The van der Waals surface area contributed by atoms with Crippen molar-refractivity contribution in [1.29, 1.82) is 0 Å². The van der Waals surface area contributed by atoms with Crippen molar-refractivity contribution in [2.45, 2.75) is 98.4 Å². The topological polar surface area (TPSA) is 12.0 Å². The first kappa shape index (κ1) is 19.0. The fourth-order valence-corrected chi connectivity index (χ4v) is 4.15. The average molecular weight is 296 g/mol. The van der Waals surface area contributed by atoms with Crippen LogP contribution in [0.1, 0.15) is 92.4 Å². The minimum absolute atomic E-state index is 0.636. The first-order valence-corrected chi connectivity index (χ1v) is 9.83. The molecule has 1 nitrogen and oxygen atoms in total. The Bertz CT molecular complexity index is 248. The summed E-state index contributed by atoms with van der Waals surface area (Å²) in [6.45, 7) is 12.9. The molecule has 0 saturated heterocycles. The van der Waals surface area contributed by atoms with Crippen LogP contribution < -0.4 is 5.32 Å². The van der Waals surface area contributed by atoms with Crippen LogP contribution in [-0.2, 0) is 0 Å². The van der Waals surface area contributed by atoms with Gasteiger partial charge in [0.1, 0.15) is 0 Å². The molecule has 1 N–H and O–H groups in total. The average Bonchev–Trinajstić information content (AvgIpc) is 2.49. The molecule has 0 aromatic rings. The summed E-state index contributed by atoms with van der Waals surface area (Å²) < 4.78 is 0. The summed E-state index contributed by atoms with van der Waals surface area (Å²) in [5.74, 6) is 3.91.